The maximum Gasteiger partial charge on any atom is 0.327 e. The van der Waals surface area contributed by atoms with Gasteiger partial charge in [-0.25, -0.2) is 4.98 Å². The Balaban J connectivity index is 2.78. The summed E-state index contributed by atoms with van der Waals surface area (Å²) in [4.78, 5) is 15.2. The number of nitrogens with one attached hydrogen (secondary N) is 1. The van der Waals surface area contributed by atoms with Crippen LogP contribution in [0.25, 0.3) is 0 Å². The highest BCUT2D eigenvalue weighted by molar-refractivity contribution is 7.09. The molecule has 4 nitrogen and oxygen atoms in total. The summed E-state index contributed by atoms with van der Waals surface area (Å²) >= 11 is 1.52. The van der Waals surface area contributed by atoms with Crippen molar-refractivity contribution >= 4 is 17.3 Å². The highest BCUT2D eigenvalue weighted by atomic mass is 32.1. The molecule has 0 amide bonds. The zero-order chi connectivity index (χ0) is 11.4. The minimum absolute atomic E-state index is 0.543. The fraction of sp³-hybridized carbons (Fsp3) is 0.600. The lowest BCUT2D eigenvalue weighted by atomic mass is 10.1. The predicted octanol–water partition coefficient (Wildman–Crippen LogP) is 1.69. The predicted molar refractivity (Wildman–Crippen MR) is 60.1 cm³/mol. The minimum atomic E-state index is -0.890. The number of carboxylic acid groups (broad SMARTS) is 1. The van der Waals surface area contributed by atoms with Gasteiger partial charge in [0.05, 0.1) is 10.7 Å². The van der Waals surface area contributed by atoms with E-state index in [4.69, 9.17) is 5.11 Å². The number of aromatic nitrogens is 1. The van der Waals surface area contributed by atoms with E-state index < -0.39 is 12.0 Å². The summed E-state index contributed by atoms with van der Waals surface area (Å²) in [5.74, 6) is -0.347. The third-order valence-corrected chi connectivity index (χ3v) is 2.87. The quantitative estimate of drug-likeness (QED) is 0.805. The van der Waals surface area contributed by atoms with Crippen LogP contribution in [0.5, 0.6) is 0 Å². The van der Waals surface area contributed by atoms with Gasteiger partial charge in [-0.2, -0.15) is 0 Å². The van der Waals surface area contributed by atoms with Gasteiger partial charge in [0, 0.05) is 11.8 Å². The fourth-order valence-corrected chi connectivity index (χ4v) is 2.33. The molecule has 0 aliphatic carbocycles. The van der Waals surface area contributed by atoms with Gasteiger partial charge < -0.3 is 10.4 Å². The van der Waals surface area contributed by atoms with Gasteiger partial charge in [0.15, 0.2) is 0 Å². The zero-order valence-corrected chi connectivity index (χ0v) is 9.97. The Labute approximate surface area is 93.4 Å². The Morgan fingerprint density at radius 1 is 1.67 bits per heavy atom. The molecule has 5 heteroatoms. The van der Waals surface area contributed by atoms with Gasteiger partial charge >= 0.3 is 5.97 Å². The highest BCUT2D eigenvalue weighted by Crippen LogP contribution is 2.19. The summed E-state index contributed by atoms with van der Waals surface area (Å²) in [5.41, 5.74) is 0.602. The van der Waals surface area contributed by atoms with Crippen molar-refractivity contribution in [2.75, 3.05) is 7.05 Å². The van der Waals surface area contributed by atoms with E-state index in [1.54, 1.807) is 7.05 Å². The van der Waals surface area contributed by atoms with Crippen LogP contribution in [0, 0.1) is 5.92 Å². The third-order valence-electron chi connectivity index (χ3n) is 1.98. The molecule has 0 saturated heterocycles. The first-order valence-corrected chi connectivity index (χ1v) is 5.77. The zero-order valence-electron chi connectivity index (χ0n) is 9.15. The molecule has 0 spiro atoms. The van der Waals surface area contributed by atoms with Crippen molar-refractivity contribution in [3.63, 3.8) is 0 Å². The van der Waals surface area contributed by atoms with E-state index in [-0.39, 0.29) is 0 Å². The number of likely N-dealkylation sites (N-methyl/N-ethyl adjacent to an activating group) is 1. The third kappa shape index (κ3) is 3.28. The largest absolute Gasteiger partial charge is 0.480 e. The van der Waals surface area contributed by atoms with Crippen molar-refractivity contribution in [3.8, 4) is 0 Å². The molecular formula is C10H16N2O2S. The van der Waals surface area contributed by atoms with Gasteiger partial charge in [-0.3, -0.25) is 4.79 Å². The standard InChI is InChI=1S/C10H16N2O2S/c1-6(2)4-8-12-7(5-15-8)9(11-3)10(13)14/h5-6,9,11H,4H2,1-3H3,(H,13,14). The summed E-state index contributed by atoms with van der Waals surface area (Å²) in [6.45, 7) is 4.24. The molecule has 1 heterocycles. The molecule has 0 aliphatic rings. The van der Waals surface area contributed by atoms with Crippen molar-refractivity contribution in [1.82, 2.24) is 10.3 Å². The average molecular weight is 228 g/mol. The summed E-state index contributed by atoms with van der Waals surface area (Å²) in [7, 11) is 1.63. The molecule has 1 aromatic heterocycles. The van der Waals surface area contributed by atoms with E-state index in [1.165, 1.54) is 11.3 Å². The number of hydrogen-bond donors (Lipinski definition) is 2. The number of hydrogen-bond acceptors (Lipinski definition) is 4. The molecule has 1 aromatic rings. The molecule has 15 heavy (non-hydrogen) atoms. The van der Waals surface area contributed by atoms with Crippen LogP contribution < -0.4 is 5.32 Å². The molecule has 0 aromatic carbocycles. The SMILES string of the molecule is CNC(C(=O)O)c1csc(CC(C)C)n1. The van der Waals surface area contributed by atoms with Crippen LogP contribution in [0.3, 0.4) is 0 Å². The second kappa shape index (κ2) is 5.23. The second-order valence-electron chi connectivity index (χ2n) is 3.82. The van der Waals surface area contributed by atoms with Gasteiger partial charge in [0.25, 0.3) is 0 Å². The lowest BCUT2D eigenvalue weighted by Gasteiger charge is -2.07. The monoisotopic (exact) mass is 228 g/mol. The van der Waals surface area contributed by atoms with E-state index in [1.807, 2.05) is 5.38 Å². The smallest absolute Gasteiger partial charge is 0.327 e. The minimum Gasteiger partial charge on any atom is -0.480 e. The Hall–Kier alpha value is -0.940. The molecule has 84 valence electrons. The van der Waals surface area contributed by atoms with Gasteiger partial charge in [0.1, 0.15) is 6.04 Å². The van der Waals surface area contributed by atoms with Gasteiger partial charge in [-0.15, -0.1) is 11.3 Å². The maximum atomic E-state index is 10.9. The van der Waals surface area contributed by atoms with Crippen LogP contribution in [-0.2, 0) is 11.2 Å². The molecule has 1 unspecified atom stereocenters. The Kier molecular flexibility index (Phi) is 4.23. The molecule has 0 fully saturated rings. The topological polar surface area (TPSA) is 62.2 Å². The Bertz CT molecular complexity index is 336. The van der Waals surface area contributed by atoms with Crippen molar-refractivity contribution in [3.05, 3.63) is 16.1 Å². The van der Waals surface area contributed by atoms with E-state index in [9.17, 15) is 4.79 Å². The van der Waals surface area contributed by atoms with Crippen molar-refractivity contribution in [1.29, 1.82) is 0 Å². The van der Waals surface area contributed by atoms with Gasteiger partial charge in [0.2, 0.25) is 0 Å². The Morgan fingerprint density at radius 3 is 2.80 bits per heavy atom. The first-order valence-electron chi connectivity index (χ1n) is 4.89. The number of thiazole rings is 1. The number of rotatable bonds is 5. The number of nitrogens with zero attached hydrogens (tertiary/aromatic N) is 1. The summed E-state index contributed by atoms with van der Waals surface area (Å²) in [6, 6.07) is -0.692. The fourth-order valence-electron chi connectivity index (χ4n) is 1.30. The van der Waals surface area contributed by atoms with Crippen LogP contribution in [0.1, 0.15) is 30.6 Å². The van der Waals surface area contributed by atoms with Crippen LogP contribution >= 0.6 is 11.3 Å². The van der Waals surface area contributed by atoms with E-state index >= 15 is 0 Å². The molecule has 0 bridgehead atoms. The second-order valence-corrected chi connectivity index (χ2v) is 4.77. The highest BCUT2D eigenvalue weighted by Gasteiger charge is 2.20. The van der Waals surface area contributed by atoms with E-state index in [0.717, 1.165) is 11.4 Å². The molecule has 0 aliphatic heterocycles. The summed E-state index contributed by atoms with van der Waals surface area (Å²) < 4.78 is 0. The molecule has 1 rings (SSSR count). The number of carboxylic acids is 1. The van der Waals surface area contributed by atoms with Crippen molar-refractivity contribution < 1.29 is 9.90 Å². The molecule has 0 radical (unpaired) electrons. The van der Waals surface area contributed by atoms with Crippen LogP contribution in [0.2, 0.25) is 0 Å². The normalized spacial score (nSPS) is 13.1. The first-order chi connectivity index (χ1) is 7.04. The lowest BCUT2D eigenvalue weighted by Crippen LogP contribution is -2.25. The van der Waals surface area contributed by atoms with Gasteiger partial charge in [-0.05, 0) is 13.0 Å². The van der Waals surface area contributed by atoms with Gasteiger partial charge in [-0.1, -0.05) is 13.8 Å². The van der Waals surface area contributed by atoms with Crippen LogP contribution in [-0.4, -0.2) is 23.1 Å². The van der Waals surface area contributed by atoms with Crippen LogP contribution in [0.15, 0.2) is 5.38 Å². The average Bonchev–Trinajstić information content (AvgIpc) is 2.52. The maximum absolute atomic E-state index is 10.9. The van der Waals surface area contributed by atoms with Crippen molar-refractivity contribution in [2.45, 2.75) is 26.3 Å². The summed E-state index contributed by atoms with van der Waals surface area (Å²) in [5, 5.41) is 14.5. The summed E-state index contributed by atoms with van der Waals surface area (Å²) in [6.07, 6.45) is 0.903. The number of aliphatic carboxylic acids is 1. The lowest BCUT2D eigenvalue weighted by molar-refractivity contribution is -0.139. The van der Waals surface area contributed by atoms with Crippen molar-refractivity contribution in [2.24, 2.45) is 5.92 Å². The van der Waals surface area contributed by atoms with Crippen LogP contribution in [0.4, 0.5) is 0 Å². The van der Waals surface area contributed by atoms with E-state index in [0.29, 0.717) is 11.6 Å². The molecule has 1 atom stereocenters. The first kappa shape index (κ1) is 12.1. The molecule has 2 N–H and O–H groups in total. The van der Waals surface area contributed by atoms with E-state index in [2.05, 4.69) is 24.1 Å². The Morgan fingerprint density at radius 2 is 2.33 bits per heavy atom. The molecular weight excluding hydrogens is 212 g/mol. The molecule has 0 saturated carbocycles. The number of carbonyl (C=O) groups is 1.